The number of anilines is 1. The van der Waals surface area contributed by atoms with E-state index in [1.807, 2.05) is 0 Å². The molecule has 0 unspecified atom stereocenters. The molecule has 134 valence electrons. The van der Waals surface area contributed by atoms with Gasteiger partial charge in [0, 0.05) is 17.8 Å². The van der Waals surface area contributed by atoms with Crippen molar-refractivity contribution >= 4 is 35.0 Å². The summed E-state index contributed by atoms with van der Waals surface area (Å²) in [6.07, 6.45) is 0. The van der Waals surface area contributed by atoms with Gasteiger partial charge in [-0.25, -0.2) is 4.39 Å². The number of hydrogen-bond acceptors (Lipinski definition) is 4. The number of aromatic nitrogens is 3. The van der Waals surface area contributed by atoms with Crippen molar-refractivity contribution in [1.29, 1.82) is 0 Å². The molecule has 0 aliphatic rings. The summed E-state index contributed by atoms with van der Waals surface area (Å²) in [6, 6.07) is 13.3. The zero-order valence-corrected chi connectivity index (χ0v) is 15.7. The molecule has 3 aromatic rings. The molecule has 0 radical (unpaired) electrons. The highest BCUT2D eigenvalue weighted by atomic mass is 35.5. The maximum absolute atomic E-state index is 14.0. The van der Waals surface area contributed by atoms with Crippen LogP contribution in [0.4, 0.5) is 10.1 Å². The number of nitrogens with zero attached hydrogens (tertiary/aromatic N) is 3. The van der Waals surface area contributed by atoms with Crippen molar-refractivity contribution in [2.75, 3.05) is 5.32 Å². The highest BCUT2D eigenvalue weighted by Gasteiger charge is 2.20. The molecule has 26 heavy (non-hydrogen) atoms. The van der Waals surface area contributed by atoms with E-state index >= 15 is 0 Å². The highest BCUT2D eigenvalue weighted by molar-refractivity contribution is 8.00. The van der Waals surface area contributed by atoms with Crippen LogP contribution in [0.2, 0.25) is 5.02 Å². The molecule has 0 saturated carbocycles. The Kier molecular flexibility index (Phi) is 5.58. The van der Waals surface area contributed by atoms with E-state index in [1.54, 1.807) is 61.0 Å². The van der Waals surface area contributed by atoms with E-state index in [9.17, 15) is 9.18 Å². The predicted molar refractivity (Wildman–Crippen MR) is 102 cm³/mol. The summed E-state index contributed by atoms with van der Waals surface area (Å²) in [7, 11) is 1.74. The van der Waals surface area contributed by atoms with Crippen LogP contribution in [-0.2, 0) is 11.8 Å². The summed E-state index contributed by atoms with van der Waals surface area (Å²) in [4.78, 5) is 12.4. The molecule has 1 heterocycles. The number of nitrogens with one attached hydrogen (secondary N) is 1. The average Bonchev–Trinajstić information content (AvgIpc) is 2.96. The third-order valence-electron chi connectivity index (χ3n) is 3.69. The summed E-state index contributed by atoms with van der Waals surface area (Å²) in [5, 5.41) is 11.6. The minimum absolute atomic E-state index is 0.187. The van der Waals surface area contributed by atoms with E-state index in [1.165, 1.54) is 17.8 Å². The second-order valence-corrected chi connectivity index (χ2v) is 7.35. The molecular formula is C18H16ClFN4OS. The van der Waals surface area contributed by atoms with Gasteiger partial charge < -0.3 is 9.88 Å². The van der Waals surface area contributed by atoms with E-state index in [4.69, 9.17) is 11.6 Å². The first-order valence-electron chi connectivity index (χ1n) is 7.83. The number of carbonyl (C=O) groups excluding carboxylic acids is 1. The monoisotopic (exact) mass is 390 g/mol. The van der Waals surface area contributed by atoms with Crippen LogP contribution < -0.4 is 5.32 Å². The summed E-state index contributed by atoms with van der Waals surface area (Å²) < 4.78 is 15.6. The number of amides is 1. The number of halogens is 2. The predicted octanol–water partition coefficient (Wildman–Crippen LogP) is 4.39. The zero-order chi connectivity index (χ0) is 18.7. The minimum Gasteiger partial charge on any atom is -0.325 e. The molecule has 0 aliphatic carbocycles. The standard InChI is InChI=1S/C18H16ClFN4OS/c1-11(17(25)21-13-7-5-6-12(19)10-13)26-18-23-22-16(24(18)2)14-8-3-4-9-15(14)20/h3-11H,1-2H3,(H,21,25)/t11-/m0/s1. The first kappa shape index (κ1) is 18.4. The zero-order valence-electron chi connectivity index (χ0n) is 14.1. The van der Waals surface area contributed by atoms with Crippen molar-refractivity contribution in [1.82, 2.24) is 14.8 Å². The van der Waals surface area contributed by atoms with E-state index in [-0.39, 0.29) is 11.7 Å². The first-order valence-corrected chi connectivity index (χ1v) is 9.09. The van der Waals surface area contributed by atoms with Crippen LogP contribution in [-0.4, -0.2) is 25.9 Å². The van der Waals surface area contributed by atoms with Crippen LogP contribution in [0, 0.1) is 5.82 Å². The highest BCUT2D eigenvalue weighted by Crippen LogP contribution is 2.27. The lowest BCUT2D eigenvalue weighted by atomic mass is 10.2. The van der Waals surface area contributed by atoms with Crippen LogP contribution in [0.5, 0.6) is 0 Å². The summed E-state index contributed by atoms with van der Waals surface area (Å²) in [6.45, 7) is 1.77. The van der Waals surface area contributed by atoms with Gasteiger partial charge in [0.25, 0.3) is 0 Å². The van der Waals surface area contributed by atoms with Crippen molar-refractivity contribution in [3.63, 3.8) is 0 Å². The Bertz CT molecular complexity index is 946. The Labute approximate surface area is 159 Å². The normalized spacial score (nSPS) is 12.0. The summed E-state index contributed by atoms with van der Waals surface area (Å²) in [5.41, 5.74) is 0.991. The first-order chi connectivity index (χ1) is 12.5. The van der Waals surface area contributed by atoms with Gasteiger partial charge in [-0.3, -0.25) is 4.79 Å². The largest absolute Gasteiger partial charge is 0.325 e. The second kappa shape index (κ2) is 7.88. The number of thioether (sulfide) groups is 1. The van der Waals surface area contributed by atoms with Gasteiger partial charge >= 0.3 is 0 Å². The Hall–Kier alpha value is -2.38. The van der Waals surface area contributed by atoms with E-state index < -0.39 is 5.25 Å². The molecule has 0 aliphatic heterocycles. The SMILES string of the molecule is C[C@H](Sc1nnc(-c2ccccc2F)n1C)C(=O)Nc1cccc(Cl)c1. The third-order valence-corrected chi connectivity index (χ3v) is 5.06. The summed E-state index contributed by atoms with van der Waals surface area (Å²) >= 11 is 7.17. The van der Waals surface area contributed by atoms with Gasteiger partial charge in [0.1, 0.15) is 5.82 Å². The van der Waals surface area contributed by atoms with Crippen LogP contribution in [0.15, 0.2) is 53.7 Å². The second-order valence-electron chi connectivity index (χ2n) is 5.60. The van der Waals surface area contributed by atoms with Crippen molar-refractivity contribution in [2.45, 2.75) is 17.3 Å². The lowest BCUT2D eigenvalue weighted by molar-refractivity contribution is -0.115. The van der Waals surface area contributed by atoms with Gasteiger partial charge in [-0.2, -0.15) is 0 Å². The molecule has 0 fully saturated rings. The maximum atomic E-state index is 14.0. The van der Waals surface area contributed by atoms with Crippen LogP contribution in [0.3, 0.4) is 0 Å². The lowest BCUT2D eigenvalue weighted by Gasteiger charge is -2.12. The van der Waals surface area contributed by atoms with Crippen molar-refractivity contribution in [3.8, 4) is 11.4 Å². The quantitative estimate of drug-likeness (QED) is 0.656. The molecule has 2 aromatic carbocycles. The average molecular weight is 391 g/mol. The molecule has 0 bridgehead atoms. The van der Waals surface area contributed by atoms with Crippen molar-refractivity contribution in [3.05, 3.63) is 59.4 Å². The Morgan fingerprint density at radius 2 is 2.00 bits per heavy atom. The van der Waals surface area contributed by atoms with Gasteiger partial charge in [-0.15, -0.1) is 10.2 Å². The molecule has 3 rings (SSSR count). The Balaban J connectivity index is 1.73. The molecule has 0 saturated heterocycles. The number of benzene rings is 2. The van der Waals surface area contributed by atoms with Crippen LogP contribution >= 0.6 is 23.4 Å². The van der Waals surface area contributed by atoms with E-state index in [0.29, 0.717) is 27.3 Å². The maximum Gasteiger partial charge on any atom is 0.237 e. The number of carbonyl (C=O) groups is 1. The van der Waals surface area contributed by atoms with Crippen molar-refractivity contribution < 1.29 is 9.18 Å². The fourth-order valence-corrected chi connectivity index (χ4v) is 3.32. The molecule has 1 amide bonds. The van der Waals surface area contributed by atoms with Crippen LogP contribution in [0.1, 0.15) is 6.92 Å². The molecule has 5 nitrogen and oxygen atoms in total. The van der Waals surface area contributed by atoms with Crippen molar-refractivity contribution in [2.24, 2.45) is 7.05 Å². The third kappa shape index (κ3) is 4.05. The summed E-state index contributed by atoms with van der Waals surface area (Å²) in [5.74, 6) is -0.146. The minimum atomic E-state index is -0.426. The smallest absolute Gasteiger partial charge is 0.237 e. The number of rotatable bonds is 5. The van der Waals surface area contributed by atoms with E-state index in [0.717, 1.165) is 0 Å². The fraction of sp³-hybridized carbons (Fsp3) is 0.167. The Morgan fingerprint density at radius 1 is 1.23 bits per heavy atom. The molecule has 8 heteroatoms. The molecular weight excluding hydrogens is 375 g/mol. The molecule has 1 atom stereocenters. The van der Waals surface area contributed by atoms with Crippen LogP contribution in [0.25, 0.3) is 11.4 Å². The molecule has 1 N–H and O–H groups in total. The van der Waals surface area contributed by atoms with Gasteiger partial charge in [0.2, 0.25) is 5.91 Å². The van der Waals surface area contributed by atoms with E-state index in [2.05, 4.69) is 15.5 Å². The Morgan fingerprint density at radius 3 is 2.73 bits per heavy atom. The topological polar surface area (TPSA) is 59.8 Å². The fourth-order valence-electron chi connectivity index (χ4n) is 2.32. The van der Waals surface area contributed by atoms with Gasteiger partial charge in [-0.05, 0) is 37.3 Å². The van der Waals surface area contributed by atoms with Gasteiger partial charge in [0.05, 0.1) is 10.8 Å². The lowest BCUT2D eigenvalue weighted by Crippen LogP contribution is -2.22. The van der Waals surface area contributed by atoms with Gasteiger partial charge in [0.15, 0.2) is 11.0 Å². The molecule has 1 aromatic heterocycles. The number of hydrogen-bond donors (Lipinski definition) is 1. The molecule has 0 spiro atoms. The van der Waals surface area contributed by atoms with Gasteiger partial charge in [-0.1, -0.05) is 41.6 Å².